The summed E-state index contributed by atoms with van der Waals surface area (Å²) in [5, 5.41) is 0. The second kappa shape index (κ2) is 2.80. The lowest BCUT2D eigenvalue weighted by molar-refractivity contribution is 0.593. The first-order valence-electron chi connectivity index (χ1n) is 4.96. The third-order valence-electron chi connectivity index (χ3n) is 3.49. The van der Waals surface area contributed by atoms with Crippen molar-refractivity contribution in [1.29, 1.82) is 0 Å². The third kappa shape index (κ3) is 1.25. The molecule has 1 aromatic rings. The molecule has 2 rings (SSSR count). The van der Waals surface area contributed by atoms with Gasteiger partial charge in [0.25, 0.3) is 0 Å². The third-order valence-corrected chi connectivity index (χ3v) is 3.49. The Bertz CT molecular complexity index is 371. The zero-order valence-corrected chi connectivity index (χ0v) is 8.84. The van der Waals surface area contributed by atoms with Crippen LogP contribution in [0.5, 0.6) is 0 Å². The minimum absolute atomic E-state index is 0.124. The van der Waals surface area contributed by atoms with Gasteiger partial charge in [0.2, 0.25) is 0 Å². The van der Waals surface area contributed by atoms with Crippen molar-refractivity contribution < 1.29 is 4.39 Å². The summed E-state index contributed by atoms with van der Waals surface area (Å²) in [6, 6.07) is 5.11. The zero-order chi connectivity index (χ0) is 10.5. The van der Waals surface area contributed by atoms with Gasteiger partial charge in [-0.25, -0.2) is 4.39 Å². The molecule has 1 saturated carbocycles. The Morgan fingerprint density at radius 3 is 2.43 bits per heavy atom. The molecule has 0 aliphatic heterocycles. The lowest BCUT2D eigenvalue weighted by Gasteiger charge is -2.06. The molecule has 0 amide bonds. The highest BCUT2D eigenvalue weighted by atomic mass is 19.1. The molecule has 1 fully saturated rings. The van der Waals surface area contributed by atoms with Gasteiger partial charge in [0, 0.05) is 12.0 Å². The zero-order valence-electron chi connectivity index (χ0n) is 8.84. The highest BCUT2D eigenvalue weighted by Gasteiger charge is 2.56. The number of aryl methyl sites for hydroxylation is 1. The maximum absolute atomic E-state index is 13.1. The first-order chi connectivity index (χ1) is 6.44. The maximum atomic E-state index is 13.1. The van der Waals surface area contributed by atoms with Crippen molar-refractivity contribution in [2.24, 2.45) is 11.1 Å². The first kappa shape index (κ1) is 9.66. The van der Waals surface area contributed by atoms with E-state index in [1.165, 1.54) is 6.07 Å². The lowest BCUT2D eigenvalue weighted by atomic mass is 9.99. The molecule has 2 atom stereocenters. The van der Waals surface area contributed by atoms with Crippen LogP contribution in [0.2, 0.25) is 0 Å². The monoisotopic (exact) mass is 193 g/mol. The molecule has 1 aliphatic rings. The summed E-state index contributed by atoms with van der Waals surface area (Å²) in [7, 11) is 0. The number of halogens is 1. The van der Waals surface area contributed by atoms with E-state index in [1.54, 1.807) is 6.07 Å². The molecule has 0 heterocycles. The van der Waals surface area contributed by atoms with E-state index in [2.05, 4.69) is 13.8 Å². The molecule has 1 nitrogen and oxygen atoms in total. The van der Waals surface area contributed by atoms with Crippen LogP contribution in [-0.2, 0) is 0 Å². The van der Waals surface area contributed by atoms with Gasteiger partial charge in [0.15, 0.2) is 0 Å². The van der Waals surface area contributed by atoms with Crippen molar-refractivity contribution in [3.05, 3.63) is 35.1 Å². The molecule has 0 aromatic heterocycles. The van der Waals surface area contributed by atoms with Crippen molar-refractivity contribution in [2.45, 2.75) is 32.7 Å². The van der Waals surface area contributed by atoms with Crippen molar-refractivity contribution in [3.63, 3.8) is 0 Å². The van der Waals surface area contributed by atoms with Gasteiger partial charge in [0.1, 0.15) is 5.82 Å². The summed E-state index contributed by atoms with van der Waals surface area (Å²) in [6.45, 7) is 6.27. The predicted octanol–water partition coefficient (Wildman–Crippen LogP) is 2.58. The van der Waals surface area contributed by atoms with Crippen LogP contribution < -0.4 is 5.73 Å². The van der Waals surface area contributed by atoms with E-state index >= 15 is 0 Å². The summed E-state index contributed by atoms with van der Waals surface area (Å²) < 4.78 is 13.1. The first-order valence-corrected chi connectivity index (χ1v) is 4.96. The molecular formula is C12H16FN. The summed E-state index contributed by atoms with van der Waals surface area (Å²) in [4.78, 5) is 0. The average Bonchev–Trinajstić information content (AvgIpc) is 2.58. The van der Waals surface area contributed by atoms with Gasteiger partial charge in [-0.05, 0) is 35.6 Å². The number of benzene rings is 1. The predicted molar refractivity (Wildman–Crippen MR) is 55.6 cm³/mol. The number of hydrogen-bond donors (Lipinski definition) is 1. The van der Waals surface area contributed by atoms with Crippen LogP contribution >= 0.6 is 0 Å². The van der Waals surface area contributed by atoms with Crippen LogP contribution in [0.4, 0.5) is 4.39 Å². The Kier molecular flexibility index (Phi) is 1.93. The highest BCUT2D eigenvalue weighted by Crippen LogP contribution is 2.57. The lowest BCUT2D eigenvalue weighted by Crippen LogP contribution is -2.06. The summed E-state index contributed by atoms with van der Waals surface area (Å²) in [5.41, 5.74) is 8.30. The molecule has 1 aromatic carbocycles. The normalized spacial score (nSPS) is 28.9. The molecule has 14 heavy (non-hydrogen) atoms. The van der Waals surface area contributed by atoms with Gasteiger partial charge in [-0.15, -0.1) is 0 Å². The second-order valence-corrected chi connectivity index (χ2v) is 4.83. The van der Waals surface area contributed by atoms with E-state index in [9.17, 15) is 4.39 Å². The topological polar surface area (TPSA) is 26.0 Å². The molecule has 0 saturated heterocycles. The minimum atomic E-state index is -0.166. The van der Waals surface area contributed by atoms with Gasteiger partial charge >= 0.3 is 0 Å². The van der Waals surface area contributed by atoms with Gasteiger partial charge < -0.3 is 5.73 Å². The average molecular weight is 193 g/mol. The van der Waals surface area contributed by atoms with E-state index in [-0.39, 0.29) is 17.3 Å². The second-order valence-electron chi connectivity index (χ2n) is 4.83. The molecule has 2 heteroatoms. The van der Waals surface area contributed by atoms with E-state index < -0.39 is 0 Å². The molecule has 1 aliphatic carbocycles. The molecule has 76 valence electrons. The molecular weight excluding hydrogens is 177 g/mol. The van der Waals surface area contributed by atoms with Crippen LogP contribution in [0.3, 0.4) is 0 Å². The van der Waals surface area contributed by atoms with E-state index in [1.807, 2.05) is 13.0 Å². The maximum Gasteiger partial charge on any atom is 0.123 e. The fourth-order valence-electron chi connectivity index (χ4n) is 2.22. The largest absolute Gasteiger partial charge is 0.327 e. The SMILES string of the molecule is Cc1ccc(F)cc1[C@H]1[C@H](N)C1(C)C. The molecule has 0 unspecified atom stereocenters. The van der Waals surface area contributed by atoms with E-state index in [4.69, 9.17) is 5.73 Å². The van der Waals surface area contributed by atoms with Crippen molar-refractivity contribution in [1.82, 2.24) is 0 Å². The Morgan fingerprint density at radius 2 is 1.93 bits per heavy atom. The summed E-state index contributed by atoms with van der Waals surface area (Å²) in [5.74, 6) is 0.152. The molecule has 2 N–H and O–H groups in total. The Balaban J connectivity index is 2.39. The van der Waals surface area contributed by atoms with Crippen LogP contribution in [0.15, 0.2) is 18.2 Å². The van der Waals surface area contributed by atoms with Crippen molar-refractivity contribution in [2.75, 3.05) is 0 Å². The van der Waals surface area contributed by atoms with Gasteiger partial charge in [-0.1, -0.05) is 19.9 Å². The number of rotatable bonds is 1. The summed E-state index contributed by atoms with van der Waals surface area (Å²) in [6.07, 6.45) is 0. The Labute approximate surface area is 84.1 Å². The van der Waals surface area contributed by atoms with Gasteiger partial charge in [0.05, 0.1) is 0 Å². The van der Waals surface area contributed by atoms with Crippen molar-refractivity contribution >= 4 is 0 Å². The number of nitrogens with two attached hydrogens (primary N) is 1. The fourth-order valence-corrected chi connectivity index (χ4v) is 2.22. The quantitative estimate of drug-likeness (QED) is 0.729. The van der Waals surface area contributed by atoms with E-state index in [0.717, 1.165) is 11.1 Å². The van der Waals surface area contributed by atoms with Crippen LogP contribution in [0, 0.1) is 18.2 Å². The van der Waals surface area contributed by atoms with Crippen molar-refractivity contribution in [3.8, 4) is 0 Å². The molecule has 0 spiro atoms. The van der Waals surface area contributed by atoms with Crippen LogP contribution in [0.1, 0.15) is 30.9 Å². The van der Waals surface area contributed by atoms with Gasteiger partial charge in [-0.2, -0.15) is 0 Å². The molecule has 0 bridgehead atoms. The Hall–Kier alpha value is -0.890. The van der Waals surface area contributed by atoms with Gasteiger partial charge in [-0.3, -0.25) is 0 Å². The molecule has 0 radical (unpaired) electrons. The Morgan fingerprint density at radius 1 is 1.36 bits per heavy atom. The number of hydrogen-bond acceptors (Lipinski definition) is 1. The van der Waals surface area contributed by atoms with Crippen LogP contribution in [0.25, 0.3) is 0 Å². The minimum Gasteiger partial charge on any atom is -0.327 e. The highest BCUT2D eigenvalue weighted by molar-refractivity contribution is 5.39. The van der Waals surface area contributed by atoms with Crippen LogP contribution in [-0.4, -0.2) is 6.04 Å². The van der Waals surface area contributed by atoms with E-state index in [0.29, 0.717) is 5.92 Å². The summed E-state index contributed by atoms with van der Waals surface area (Å²) >= 11 is 0. The fraction of sp³-hybridized carbons (Fsp3) is 0.500. The smallest absolute Gasteiger partial charge is 0.123 e. The standard InChI is InChI=1S/C12H16FN/c1-7-4-5-8(13)6-9(7)10-11(14)12(10,2)3/h4-6,10-11H,14H2,1-3H3/t10-,11-/m0/s1.